The van der Waals surface area contributed by atoms with Crippen LogP contribution >= 0.6 is 0 Å². The van der Waals surface area contributed by atoms with Gasteiger partial charge in [-0.15, -0.1) is 0 Å². The molecule has 0 atom stereocenters. The first-order valence-corrected chi connectivity index (χ1v) is 4.41. The van der Waals surface area contributed by atoms with Crippen LogP contribution in [0.3, 0.4) is 0 Å². The van der Waals surface area contributed by atoms with E-state index in [0.29, 0.717) is 5.54 Å². The van der Waals surface area contributed by atoms with E-state index in [0.717, 1.165) is 6.54 Å². The predicted molar refractivity (Wildman–Crippen MR) is 41.6 cm³/mol. The lowest BCUT2D eigenvalue weighted by molar-refractivity contribution is 0.219. The minimum Gasteiger partial charge on any atom is -0.257 e. The fraction of sp³-hybridized carbons (Fsp3) is 1.00. The van der Waals surface area contributed by atoms with Gasteiger partial charge in [-0.1, -0.05) is 12.8 Å². The van der Waals surface area contributed by atoms with Gasteiger partial charge in [0.1, 0.15) is 0 Å². The van der Waals surface area contributed by atoms with Crippen LogP contribution in [0.5, 0.6) is 0 Å². The van der Waals surface area contributed by atoms with Crippen molar-refractivity contribution in [1.29, 1.82) is 0 Å². The molecule has 1 saturated carbocycles. The maximum absolute atomic E-state index is 3.44. The zero-order chi connectivity index (χ0) is 6.86. The van der Waals surface area contributed by atoms with Gasteiger partial charge in [0.25, 0.3) is 0 Å². The van der Waals surface area contributed by atoms with Gasteiger partial charge in [-0.05, 0) is 25.7 Å². The van der Waals surface area contributed by atoms with Crippen molar-refractivity contribution in [3.63, 3.8) is 0 Å². The molecule has 1 aliphatic carbocycles. The molecule has 2 N–H and O–H groups in total. The summed E-state index contributed by atoms with van der Waals surface area (Å²) in [6.07, 6.45) is 8.37. The third-order valence-electron chi connectivity index (χ3n) is 2.87. The van der Waals surface area contributed by atoms with Gasteiger partial charge >= 0.3 is 0 Å². The molecule has 0 unspecified atom stereocenters. The number of hydrogen-bond acceptors (Lipinski definition) is 2. The second-order valence-corrected chi connectivity index (χ2v) is 3.64. The third-order valence-corrected chi connectivity index (χ3v) is 2.87. The van der Waals surface area contributed by atoms with Crippen molar-refractivity contribution in [3.8, 4) is 0 Å². The zero-order valence-electron chi connectivity index (χ0n) is 6.45. The lowest BCUT2D eigenvalue weighted by Gasteiger charge is -2.34. The molecule has 1 spiro atoms. The minimum absolute atomic E-state index is 0.512. The van der Waals surface area contributed by atoms with Crippen molar-refractivity contribution in [2.45, 2.75) is 44.1 Å². The van der Waals surface area contributed by atoms with Crippen molar-refractivity contribution < 1.29 is 0 Å². The summed E-state index contributed by atoms with van der Waals surface area (Å²) in [6.45, 7) is 1.15. The standard InChI is InChI=1S/C8H16N2/c1-2-5-8(4-1)6-3-7-9-10-8/h9-10H,1-7H2. The molecule has 0 aromatic rings. The van der Waals surface area contributed by atoms with E-state index in [1.165, 1.54) is 38.5 Å². The molecule has 58 valence electrons. The van der Waals surface area contributed by atoms with Crippen LogP contribution < -0.4 is 10.9 Å². The highest BCUT2D eigenvalue weighted by Crippen LogP contribution is 2.33. The van der Waals surface area contributed by atoms with E-state index in [2.05, 4.69) is 10.9 Å². The average Bonchev–Trinajstić information content (AvgIpc) is 2.39. The largest absolute Gasteiger partial charge is 0.257 e. The molecule has 1 saturated heterocycles. The van der Waals surface area contributed by atoms with Gasteiger partial charge in [-0.2, -0.15) is 0 Å². The molecule has 0 bridgehead atoms. The Morgan fingerprint density at radius 2 is 1.60 bits per heavy atom. The Morgan fingerprint density at radius 1 is 0.900 bits per heavy atom. The first-order chi connectivity index (χ1) is 4.91. The normalized spacial score (nSPS) is 31.2. The smallest absolute Gasteiger partial charge is 0.0324 e. The molecule has 0 aromatic carbocycles. The van der Waals surface area contributed by atoms with E-state index in [1.54, 1.807) is 0 Å². The molecular formula is C8H16N2. The SMILES string of the molecule is C1CCC2(C1)CCCNN2. The van der Waals surface area contributed by atoms with Gasteiger partial charge in [0.05, 0.1) is 0 Å². The van der Waals surface area contributed by atoms with E-state index in [1.807, 2.05) is 0 Å². The molecule has 2 nitrogen and oxygen atoms in total. The molecule has 0 aromatic heterocycles. The first kappa shape index (κ1) is 6.62. The second kappa shape index (κ2) is 2.51. The van der Waals surface area contributed by atoms with Gasteiger partial charge in [-0.25, -0.2) is 0 Å². The summed E-state index contributed by atoms with van der Waals surface area (Å²) >= 11 is 0. The maximum Gasteiger partial charge on any atom is 0.0324 e. The first-order valence-electron chi connectivity index (χ1n) is 4.41. The topological polar surface area (TPSA) is 24.1 Å². The Bertz CT molecular complexity index is 108. The number of hydrogen-bond donors (Lipinski definition) is 2. The van der Waals surface area contributed by atoms with E-state index >= 15 is 0 Å². The molecule has 1 aliphatic heterocycles. The molecule has 0 amide bonds. The van der Waals surface area contributed by atoms with Crippen LogP contribution in [-0.2, 0) is 0 Å². The maximum atomic E-state index is 3.44. The fourth-order valence-electron chi connectivity index (χ4n) is 2.25. The Kier molecular flexibility index (Phi) is 1.66. The second-order valence-electron chi connectivity index (χ2n) is 3.64. The van der Waals surface area contributed by atoms with E-state index in [4.69, 9.17) is 0 Å². The van der Waals surface area contributed by atoms with E-state index < -0.39 is 0 Å². The van der Waals surface area contributed by atoms with Gasteiger partial charge in [0.15, 0.2) is 0 Å². The molecule has 2 aliphatic rings. The Hall–Kier alpha value is -0.0800. The van der Waals surface area contributed by atoms with Crippen LogP contribution in [0.25, 0.3) is 0 Å². The summed E-state index contributed by atoms with van der Waals surface area (Å²) in [5.74, 6) is 0. The van der Waals surface area contributed by atoms with Gasteiger partial charge in [0, 0.05) is 12.1 Å². The quantitative estimate of drug-likeness (QED) is 0.528. The Morgan fingerprint density at radius 3 is 2.20 bits per heavy atom. The summed E-state index contributed by atoms with van der Waals surface area (Å²) in [6, 6.07) is 0. The molecule has 10 heavy (non-hydrogen) atoms. The van der Waals surface area contributed by atoms with Crippen molar-refractivity contribution in [3.05, 3.63) is 0 Å². The molecular weight excluding hydrogens is 124 g/mol. The van der Waals surface area contributed by atoms with Crippen molar-refractivity contribution in [1.82, 2.24) is 10.9 Å². The summed E-state index contributed by atoms with van der Waals surface area (Å²) in [7, 11) is 0. The molecule has 2 rings (SSSR count). The van der Waals surface area contributed by atoms with Crippen LogP contribution in [-0.4, -0.2) is 12.1 Å². The minimum atomic E-state index is 0.512. The van der Waals surface area contributed by atoms with Crippen LogP contribution in [0.15, 0.2) is 0 Å². The predicted octanol–water partition coefficient (Wildman–Crippen LogP) is 1.19. The van der Waals surface area contributed by atoms with Crippen molar-refractivity contribution in [2.75, 3.05) is 6.54 Å². The van der Waals surface area contributed by atoms with Crippen LogP contribution in [0.1, 0.15) is 38.5 Å². The van der Waals surface area contributed by atoms with Crippen LogP contribution in [0.4, 0.5) is 0 Å². The highest BCUT2D eigenvalue weighted by molar-refractivity contribution is 4.93. The molecule has 0 radical (unpaired) electrons. The van der Waals surface area contributed by atoms with Gasteiger partial charge in [-0.3, -0.25) is 10.9 Å². The lowest BCUT2D eigenvalue weighted by Crippen LogP contribution is -2.54. The monoisotopic (exact) mass is 140 g/mol. The summed E-state index contributed by atoms with van der Waals surface area (Å²) in [5.41, 5.74) is 7.22. The Labute approximate surface area is 62.4 Å². The summed E-state index contributed by atoms with van der Waals surface area (Å²) < 4.78 is 0. The highest BCUT2D eigenvalue weighted by Gasteiger charge is 2.34. The summed E-state index contributed by atoms with van der Waals surface area (Å²) in [4.78, 5) is 0. The van der Waals surface area contributed by atoms with Crippen LogP contribution in [0.2, 0.25) is 0 Å². The highest BCUT2D eigenvalue weighted by atomic mass is 15.4. The molecule has 2 fully saturated rings. The third kappa shape index (κ3) is 1.06. The average molecular weight is 140 g/mol. The lowest BCUT2D eigenvalue weighted by atomic mass is 9.91. The Balaban J connectivity index is 1.98. The van der Waals surface area contributed by atoms with Gasteiger partial charge in [0.2, 0.25) is 0 Å². The van der Waals surface area contributed by atoms with E-state index in [-0.39, 0.29) is 0 Å². The van der Waals surface area contributed by atoms with Gasteiger partial charge < -0.3 is 0 Å². The molecule has 1 heterocycles. The number of rotatable bonds is 0. The zero-order valence-corrected chi connectivity index (χ0v) is 6.45. The van der Waals surface area contributed by atoms with Crippen molar-refractivity contribution in [2.24, 2.45) is 0 Å². The van der Waals surface area contributed by atoms with Crippen LogP contribution in [0, 0.1) is 0 Å². The molecule has 2 heteroatoms. The summed E-state index contributed by atoms with van der Waals surface area (Å²) in [5, 5.41) is 0. The van der Waals surface area contributed by atoms with E-state index in [9.17, 15) is 0 Å². The number of hydrazine groups is 1. The number of nitrogens with one attached hydrogen (secondary N) is 2. The van der Waals surface area contributed by atoms with Crippen molar-refractivity contribution >= 4 is 0 Å². The fourth-order valence-corrected chi connectivity index (χ4v) is 2.25.